The van der Waals surface area contributed by atoms with E-state index in [1.807, 2.05) is 24.3 Å². The number of rotatable bonds is 3. The van der Waals surface area contributed by atoms with E-state index in [9.17, 15) is 0 Å². The highest BCUT2D eigenvalue weighted by molar-refractivity contribution is 7.80. The fraction of sp³-hybridized carbons (Fsp3) is 0.0278. The Bertz CT molecular complexity index is 7610. The minimum Gasteiger partial charge on any atom is -0.312 e. The van der Waals surface area contributed by atoms with Gasteiger partial charge in [-0.25, -0.2) is 8.78 Å². The van der Waals surface area contributed by atoms with E-state index in [4.69, 9.17) is 0 Å². The third kappa shape index (κ3) is 1.68. The van der Waals surface area contributed by atoms with Crippen LogP contribution in [0.15, 0.2) is 48.5 Å². The standard InChI is InChI=1S/C72H9F2OP/c73-9-1-5-11(6-2-9)76(75,12-7-3-10(74)4-8-12)72-69-65-59-45-37-29-17-14-13-15-18(17)30-32-28-22(15)24-20-16(13)19-23-21(14)27-31(29)43(45)51-49-35(27)33(23)41-39-25(19)26(20)40-42-34(24)36(28)50-52-44(32)46(38(30)37)60(59)66(69)62(52)64-56(50)54(42)58-48(40)47(39)57-53(41)55(49)63(61(51)65)70(72)67(57)68(58)71(64)72/h1-8,69H. The van der Waals surface area contributed by atoms with Crippen molar-refractivity contribution in [1.82, 2.24) is 0 Å². The van der Waals surface area contributed by atoms with Gasteiger partial charge in [0.2, 0.25) is 0 Å². The van der Waals surface area contributed by atoms with Gasteiger partial charge in [-0.15, -0.1) is 0 Å². The van der Waals surface area contributed by atoms with Crippen LogP contribution in [0.4, 0.5) is 8.78 Å². The molecule has 322 valence electrons. The number of hydrogen-bond donors (Lipinski definition) is 0. The average Bonchev–Trinajstić information content (AvgIpc) is 1.83. The zero-order chi connectivity index (χ0) is 46.0. The Kier molecular flexibility index (Phi) is 2.73. The maximum Gasteiger partial charge on any atom is 0.158 e. The second-order valence-corrected chi connectivity index (χ2v) is 29.5. The maximum atomic E-state index is 19.3. The summed E-state index contributed by atoms with van der Waals surface area (Å²) in [6.07, 6.45) is 0. The van der Waals surface area contributed by atoms with E-state index in [1.165, 1.54) is 248 Å². The van der Waals surface area contributed by atoms with E-state index < -0.39 is 12.3 Å². The lowest BCUT2D eigenvalue weighted by Crippen LogP contribution is -2.43. The van der Waals surface area contributed by atoms with Gasteiger partial charge in [0.15, 0.2) is 7.14 Å². The highest BCUT2D eigenvalue weighted by Crippen LogP contribution is 2.88. The molecule has 1 nitrogen and oxygen atoms in total. The Balaban J connectivity index is 1.12. The molecule has 34 rings (SSSR count). The third-order valence-electron chi connectivity index (χ3n) is 26.0. The van der Waals surface area contributed by atoms with E-state index in [1.54, 1.807) is 88.9 Å². The second-order valence-electron chi connectivity index (χ2n) is 26.6. The van der Waals surface area contributed by atoms with Crippen molar-refractivity contribution < 1.29 is 13.3 Å². The molecule has 0 heterocycles. The lowest BCUT2D eigenvalue weighted by Gasteiger charge is -2.50. The fourth-order valence-electron chi connectivity index (χ4n) is 25.5. The summed E-state index contributed by atoms with van der Waals surface area (Å²) in [5, 5.41) is 80.8. The molecule has 4 heteroatoms. The minimum atomic E-state index is -4.10. The zero-order valence-electron chi connectivity index (χ0n) is 38.3. The summed E-state index contributed by atoms with van der Waals surface area (Å²) in [6, 6.07) is 13.7. The molecule has 30 aromatic rings. The summed E-state index contributed by atoms with van der Waals surface area (Å²) in [5.41, 5.74) is 5.40. The zero-order valence-corrected chi connectivity index (χ0v) is 39.2. The first kappa shape index (κ1) is 29.8. The first-order valence-corrected chi connectivity index (χ1v) is 29.2. The molecule has 0 spiro atoms. The molecular formula is C72H9F2OP. The summed E-state index contributed by atoms with van der Waals surface area (Å²) in [7, 11) is -4.10. The van der Waals surface area contributed by atoms with Gasteiger partial charge in [-0.3, -0.25) is 0 Å². The number of halogens is 2. The van der Waals surface area contributed by atoms with Crippen molar-refractivity contribution >= 4 is 309 Å². The summed E-state index contributed by atoms with van der Waals surface area (Å²) >= 11 is 0. The smallest absolute Gasteiger partial charge is 0.158 e. The van der Waals surface area contributed by atoms with E-state index in [0.29, 0.717) is 10.6 Å². The van der Waals surface area contributed by atoms with Crippen LogP contribution >= 0.6 is 7.14 Å². The number of benzene rings is 20. The van der Waals surface area contributed by atoms with Crippen LogP contribution in [0.25, 0.3) is 291 Å². The maximum absolute atomic E-state index is 19.3. The van der Waals surface area contributed by atoms with Crippen molar-refractivity contribution in [2.24, 2.45) is 0 Å². The molecule has 0 aliphatic heterocycles. The van der Waals surface area contributed by atoms with Crippen LogP contribution in [0, 0.1) is 11.6 Å². The van der Waals surface area contributed by atoms with Crippen LogP contribution in [0.1, 0.15) is 28.2 Å². The molecule has 0 bridgehead atoms. The highest BCUT2D eigenvalue weighted by Gasteiger charge is 2.69. The Morgan fingerprint density at radius 2 is 0.395 bits per heavy atom. The summed E-state index contributed by atoms with van der Waals surface area (Å²) in [6.45, 7) is 0. The van der Waals surface area contributed by atoms with E-state index in [2.05, 4.69) is 0 Å². The topological polar surface area (TPSA) is 17.1 Å². The second kappa shape index (κ2) is 6.97. The van der Waals surface area contributed by atoms with E-state index in [-0.39, 0.29) is 17.6 Å². The van der Waals surface area contributed by atoms with Crippen molar-refractivity contribution in [2.45, 2.75) is 11.1 Å². The molecule has 0 fully saturated rings. The first-order chi connectivity index (χ1) is 37.6. The molecule has 76 heavy (non-hydrogen) atoms. The minimum absolute atomic E-state index is 0.293. The molecule has 30 aromatic carbocycles. The van der Waals surface area contributed by atoms with Crippen LogP contribution in [-0.2, 0) is 9.72 Å². The lowest BCUT2D eigenvalue weighted by atomic mass is 9.67. The van der Waals surface area contributed by atoms with Crippen molar-refractivity contribution in [3.8, 4) is 0 Å². The fourth-order valence-corrected chi connectivity index (χ4v) is 29.4. The van der Waals surface area contributed by atoms with Gasteiger partial charge in [0.05, 0.1) is 5.16 Å². The Hall–Kier alpha value is -9.01. The quantitative estimate of drug-likeness (QED) is 0.127. The molecule has 0 aromatic heterocycles. The van der Waals surface area contributed by atoms with Gasteiger partial charge in [-0.2, -0.15) is 0 Å². The number of hydrogen-bond acceptors (Lipinski definition) is 1. The summed E-state index contributed by atoms with van der Waals surface area (Å²) in [5.74, 6) is -0.973. The summed E-state index contributed by atoms with van der Waals surface area (Å²) < 4.78 is 50.9. The molecule has 0 radical (unpaired) electrons. The van der Waals surface area contributed by atoms with Gasteiger partial charge in [-0.05, 0) is 362 Å². The normalized spacial score (nSPS) is 20.2. The largest absolute Gasteiger partial charge is 0.312 e. The van der Waals surface area contributed by atoms with Crippen LogP contribution < -0.4 is 10.6 Å². The Labute approximate surface area is 413 Å². The molecule has 0 N–H and O–H groups in total. The van der Waals surface area contributed by atoms with Crippen molar-refractivity contribution in [3.63, 3.8) is 0 Å². The monoisotopic (exact) mass is 958 g/mol. The van der Waals surface area contributed by atoms with Gasteiger partial charge in [0, 0.05) is 16.5 Å². The molecular weight excluding hydrogens is 950 g/mol. The van der Waals surface area contributed by atoms with Crippen molar-refractivity contribution in [3.05, 3.63) is 82.4 Å². The van der Waals surface area contributed by atoms with Crippen molar-refractivity contribution in [1.29, 1.82) is 0 Å². The summed E-state index contributed by atoms with van der Waals surface area (Å²) in [4.78, 5) is 0. The molecule has 0 amide bonds. The van der Waals surface area contributed by atoms with Crippen LogP contribution in [0.2, 0.25) is 0 Å². The van der Waals surface area contributed by atoms with Crippen LogP contribution in [0.3, 0.4) is 0 Å². The average molecular weight is 959 g/mol. The Morgan fingerprint density at radius 1 is 0.237 bits per heavy atom. The molecule has 0 saturated heterocycles. The predicted molar refractivity (Wildman–Crippen MR) is 315 cm³/mol. The van der Waals surface area contributed by atoms with Crippen molar-refractivity contribution in [2.75, 3.05) is 0 Å². The van der Waals surface area contributed by atoms with Gasteiger partial charge >= 0.3 is 0 Å². The molecule has 0 atom stereocenters. The Morgan fingerprint density at radius 3 is 0.605 bits per heavy atom. The molecule has 0 unspecified atom stereocenters. The van der Waals surface area contributed by atoms with Gasteiger partial charge in [0.25, 0.3) is 0 Å². The first-order valence-electron chi connectivity index (χ1n) is 27.5. The van der Waals surface area contributed by atoms with Crippen LogP contribution in [-0.4, -0.2) is 0 Å². The molecule has 4 aliphatic rings. The lowest BCUT2D eigenvalue weighted by molar-refractivity contribution is 0.545. The van der Waals surface area contributed by atoms with Gasteiger partial charge in [-0.1, -0.05) is 0 Å². The van der Waals surface area contributed by atoms with E-state index >= 15 is 13.3 Å². The highest BCUT2D eigenvalue weighted by atomic mass is 31.2. The van der Waals surface area contributed by atoms with Crippen LogP contribution in [0.5, 0.6) is 0 Å². The predicted octanol–water partition coefficient (Wildman–Crippen LogP) is 19.4. The molecule has 4 aliphatic carbocycles. The van der Waals surface area contributed by atoms with Gasteiger partial charge < -0.3 is 4.57 Å². The van der Waals surface area contributed by atoms with Gasteiger partial charge in [0.1, 0.15) is 11.6 Å². The molecule has 0 saturated carbocycles. The van der Waals surface area contributed by atoms with E-state index in [0.717, 1.165) is 0 Å². The third-order valence-corrected chi connectivity index (χ3v) is 29.7. The SMILES string of the molecule is O=P(c1ccc(F)cc1)(c1ccc(F)cc1)C12c3c4c5c6c7c8c(c9c%10c1c1c3c3c%11c4c4c5c5c7c7c%12c8c8c9c9c%10c%10c1c1c3c3c%11c%11c4c4c5c7c5c7c%12c8c8c9c9c%10c1c1c3c3c%11c4c5c4c7c8c9c1c34)C62.